The Morgan fingerprint density at radius 2 is 1.61 bits per heavy atom. The lowest BCUT2D eigenvalue weighted by Crippen LogP contribution is -2.18. The standard InChI is InChI=1S/C20H20N2O/c1-2-8-16(9-3-1)18-10-4-5-11-19(18)17-14-21-22(15-17)20-12-6-7-13-23-20/h1-5,8-11,14-15,20H,6-7,12-13H2. The maximum Gasteiger partial charge on any atom is 0.150 e. The lowest BCUT2D eigenvalue weighted by molar-refractivity contribution is -0.0394. The van der Waals surface area contributed by atoms with Gasteiger partial charge < -0.3 is 4.74 Å². The van der Waals surface area contributed by atoms with Crippen LogP contribution in [0.3, 0.4) is 0 Å². The van der Waals surface area contributed by atoms with Crippen LogP contribution in [-0.2, 0) is 4.74 Å². The van der Waals surface area contributed by atoms with Gasteiger partial charge in [-0.15, -0.1) is 0 Å². The zero-order valence-corrected chi connectivity index (χ0v) is 13.1. The first-order valence-electron chi connectivity index (χ1n) is 8.22. The second-order valence-corrected chi connectivity index (χ2v) is 5.94. The number of rotatable bonds is 3. The lowest BCUT2D eigenvalue weighted by Gasteiger charge is -2.22. The largest absolute Gasteiger partial charge is 0.357 e. The summed E-state index contributed by atoms with van der Waals surface area (Å²) in [4.78, 5) is 0. The van der Waals surface area contributed by atoms with Crippen LogP contribution >= 0.6 is 0 Å². The third-order valence-corrected chi connectivity index (χ3v) is 4.38. The van der Waals surface area contributed by atoms with Crippen LogP contribution in [0.4, 0.5) is 0 Å². The van der Waals surface area contributed by atoms with Crippen molar-refractivity contribution in [1.82, 2.24) is 9.78 Å². The summed E-state index contributed by atoms with van der Waals surface area (Å²) in [6.45, 7) is 0.834. The van der Waals surface area contributed by atoms with E-state index in [9.17, 15) is 0 Å². The van der Waals surface area contributed by atoms with Gasteiger partial charge in [0, 0.05) is 18.4 Å². The van der Waals surface area contributed by atoms with Gasteiger partial charge in [-0.1, -0.05) is 54.6 Å². The van der Waals surface area contributed by atoms with Crippen LogP contribution in [0, 0.1) is 0 Å². The summed E-state index contributed by atoms with van der Waals surface area (Å²) in [6, 6.07) is 19.0. The summed E-state index contributed by atoms with van der Waals surface area (Å²) in [6.07, 6.45) is 7.54. The molecule has 1 atom stereocenters. The van der Waals surface area contributed by atoms with Crippen molar-refractivity contribution in [3.63, 3.8) is 0 Å². The van der Waals surface area contributed by atoms with Gasteiger partial charge in [0.25, 0.3) is 0 Å². The molecule has 0 spiro atoms. The predicted octanol–water partition coefficient (Wildman–Crippen LogP) is 4.92. The first-order valence-corrected chi connectivity index (χ1v) is 8.22. The molecule has 3 nitrogen and oxygen atoms in total. The van der Waals surface area contributed by atoms with Crippen LogP contribution in [0.25, 0.3) is 22.3 Å². The van der Waals surface area contributed by atoms with E-state index in [2.05, 4.69) is 59.8 Å². The zero-order chi connectivity index (χ0) is 15.5. The molecule has 116 valence electrons. The molecule has 3 heteroatoms. The maximum absolute atomic E-state index is 5.83. The summed E-state index contributed by atoms with van der Waals surface area (Å²) in [7, 11) is 0. The van der Waals surface area contributed by atoms with E-state index in [4.69, 9.17) is 4.74 Å². The average Bonchev–Trinajstić information content (AvgIpc) is 3.13. The zero-order valence-electron chi connectivity index (χ0n) is 13.1. The third-order valence-electron chi connectivity index (χ3n) is 4.38. The van der Waals surface area contributed by atoms with E-state index in [0.29, 0.717) is 0 Å². The van der Waals surface area contributed by atoms with Gasteiger partial charge >= 0.3 is 0 Å². The van der Waals surface area contributed by atoms with Gasteiger partial charge in [-0.2, -0.15) is 5.10 Å². The first kappa shape index (κ1) is 14.2. The summed E-state index contributed by atoms with van der Waals surface area (Å²) in [5.74, 6) is 0. The fraction of sp³-hybridized carbons (Fsp3) is 0.250. The highest BCUT2D eigenvalue weighted by molar-refractivity contribution is 5.82. The monoisotopic (exact) mass is 304 g/mol. The quantitative estimate of drug-likeness (QED) is 0.687. The molecule has 0 saturated carbocycles. The number of benzene rings is 2. The summed E-state index contributed by atoms with van der Waals surface area (Å²) in [5.41, 5.74) is 4.81. The Bertz CT molecular complexity index is 773. The number of hydrogen-bond acceptors (Lipinski definition) is 2. The third kappa shape index (κ3) is 2.92. The summed E-state index contributed by atoms with van der Waals surface area (Å²) in [5, 5.41) is 4.54. The molecule has 1 unspecified atom stereocenters. The van der Waals surface area contributed by atoms with E-state index in [-0.39, 0.29) is 6.23 Å². The van der Waals surface area contributed by atoms with E-state index >= 15 is 0 Å². The second kappa shape index (κ2) is 6.39. The van der Waals surface area contributed by atoms with Crippen LogP contribution < -0.4 is 0 Å². The van der Waals surface area contributed by atoms with Crippen molar-refractivity contribution in [1.29, 1.82) is 0 Å². The minimum absolute atomic E-state index is 0.0846. The van der Waals surface area contributed by atoms with Gasteiger partial charge in [0.2, 0.25) is 0 Å². The molecule has 1 saturated heterocycles. The second-order valence-electron chi connectivity index (χ2n) is 5.94. The lowest BCUT2D eigenvalue weighted by atomic mass is 9.96. The molecule has 0 amide bonds. The molecule has 2 aromatic carbocycles. The molecular formula is C20H20N2O. The van der Waals surface area contributed by atoms with Crippen LogP contribution in [0.5, 0.6) is 0 Å². The van der Waals surface area contributed by atoms with E-state index < -0.39 is 0 Å². The van der Waals surface area contributed by atoms with E-state index in [1.165, 1.54) is 23.1 Å². The molecule has 1 aliphatic heterocycles. The summed E-state index contributed by atoms with van der Waals surface area (Å²) < 4.78 is 7.80. The Morgan fingerprint density at radius 3 is 2.35 bits per heavy atom. The SMILES string of the molecule is c1ccc(-c2ccccc2-c2cnn(C3CCCCO3)c2)cc1. The number of aromatic nitrogens is 2. The minimum Gasteiger partial charge on any atom is -0.357 e. The van der Waals surface area contributed by atoms with Gasteiger partial charge in [-0.05, 0) is 36.0 Å². The predicted molar refractivity (Wildman–Crippen MR) is 91.9 cm³/mol. The number of nitrogens with zero attached hydrogens (tertiary/aromatic N) is 2. The fourth-order valence-corrected chi connectivity index (χ4v) is 3.17. The normalized spacial score (nSPS) is 18.0. The van der Waals surface area contributed by atoms with Crippen molar-refractivity contribution < 1.29 is 4.74 Å². The summed E-state index contributed by atoms with van der Waals surface area (Å²) >= 11 is 0. The maximum atomic E-state index is 5.83. The Balaban J connectivity index is 1.70. The van der Waals surface area contributed by atoms with E-state index in [0.717, 1.165) is 25.0 Å². The van der Waals surface area contributed by atoms with Gasteiger partial charge in [0.15, 0.2) is 0 Å². The Hall–Kier alpha value is -2.39. The van der Waals surface area contributed by atoms with Crippen molar-refractivity contribution in [3.05, 3.63) is 67.0 Å². The molecule has 23 heavy (non-hydrogen) atoms. The number of ether oxygens (including phenoxy) is 1. The topological polar surface area (TPSA) is 27.1 Å². The average molecular weight is 304 g/mol. The van der Waals surface area contributed by atoms with E-state index in [1.54, 1.807) is 0 Å². The Kier molecular flexibility index (Phi) is 3.95. The molecule has 0 N–H and O–H groups in total. The van der Waals surface area contributed by atoms with Crippen molar-refractivity contribution in [2.75, 3.05) is 6.61 Å². The van der Waals surface area contributed by atoms with Crippen molar-refractivity contribution >= 4 is 0 Å². The highest BCUT2D eigenvalue weighted by atomic mass is 16.5. The molecule has 4 rings (SSSR count). The molecule has 1 aliphatic rings. The van der Waals surface area contributed by atoms with Gasteiger partial charge in [0.05, 0.1) is 6.20 Å². The Labute approximate surface area is 136 Å². The van der Waals surface area contributed by atoms with Crippen LogP contribution in [0.2, 0.25) is 0 Å². The van der Waals surface area contributed by atoms with Crippen LogP contribution in [-0.4, -0.2) is 16.4 Å². The molecule has 0 bridgehead atoms. The van der Waals surface area contributed by atoms with Gasteiger partial charge in [-0.25, -0.2) is 4.68 Å². The molecular weight excluding hydrogens is 284 g/mol. The minimum atomic E-state index is 0.0846. The molecule has 3 aromatic rings. The highest BCUT2D eigenvalue weighted by Crippen LogP contribution is 2.32. The molecule has 2 heterocycles. The first-order chi connectivity index (χ1) is 11.4. The van der Waals surface area contributed by atoms with Crippen LogP contribution in [0.15, 0.2) is 67.0 Å². The van der Waals surface area contributed by atoms with Crippen molar-refractivity contribution in [2.45, 2.75) is 25.5 Å². The molecule has 1 fully saturated rings. The van der Waals surface area contributed by atoms with Crippen molar-refractivity contribution in [2.24, 2.45) is 0 Å². The Morgan fingerprint density at radius 1 is 0.870 bits per heavy atom. The molecule has 0 radical (unpaired) electrons. The fourth-order valence-electron chi connectivity index (χ4n) is 3.17. The smallest absolute Gasteiger partial charge is 0.150 e. The highest BCUT2D eigenvalue weighted by Gasteiger charge is 2.17. The number of hydrogen-bond donors (Lipinski definition) is 0. The molecule has 0 aliphatic carbocycles. The molecule has 1 aromatic heterocycles. The van der Waals surface area contributed by atoms with Gasteiger partial charge in [-0.3, -0.25) is 0 Å². The van der Waals surface area contributed by atoms with E-state index in [1.807, 2.05) is 16.9 Å². The van der Waals surface area contributed by atoms with Crippen molar-refractivity contribution in [3.8, 4) is 22.3 Å². The van der Waals surface area contributed by atoms with Gasteiger partial charge in [0.1, 0.15) is 6.23 Å². The van der Waals surface area contributed by atoms with Crippen LogP contribution in [0.1, 0.15) is 25.5 Å².